The first-order chi connectivity index (χ1) is 8.40. The molecule has 18 heavy (non-hydrogen) atoms. The molecule has 0 aromatic heterocycles. The van der Waals surface area contributed by atoms with E-state index >= 15 is 0 Å². The Morgan fingerprint density at radius 3 is 2.72 bits per heavy atom. The maximum Gasteiger partial charge on any atom is 0.389 e. The predicted molar refractivity (Wildman–Crippen MR) is 63.1 cm³/mol. The van der Waals surface area contributed by atoms with Crippen molar-refractivity contribution in [3.05, 3.63) is 0 Å². The van der Waals surface area contributed by atoms with Crippen molar-refractivity contribution in [1.29, 1.82) is 0 Å². The summed E-state index contributed by atoms with van der Waals surface area (Å²) >= 11 is 0. The standard InChI is InChI=1S/C12H21F3N2O/c1-9-10(5-4-8-16-9)11(18)17-7-3-2-6-12(13,14)15/h9-10,16H,2-8H2,1H3,(H,17,18). The fourth-order valence-electron chi connectivity index (χ4n) is 2.20. The van der Waals surface area contributed by atoms with Gasteiger partial charge in [-0.05, 0) is 39.2 Å². The zero-order valence-electron chi connectivity index (χ0n) is 10.6. The lowest BCUT2D eigenvalue weighted by Gasteiger charge is -2.28. The number of hydrogen-bond acceptors (Lipinski definition) is 2. The minimum atomic E-state index is -4.09. The summed E-state index contributed by atoms with van der Waals surface area (Å²) in [6, 6.07) is 0.147. The predicted octanol–water partition coefficient (Wildman–Crippen LogP) is 2.22. The van der Waals surface area contributed by atoms with Gasteiger partial charge in [0.25, 0.3) is 0 Å². The van der Waals surface area contributed by atoms with E-state index in [1.165, 1.54) is 0 Å². The van der Waals surface area contributed by atoms with Crippen LogP contribution in [0.25, 0.3) is 0 Å². The van der Waals surface area contributed by atoms with Crippen molar-refractivity contribution >= 4 is 5.91 Å². The van der Waals surface area contributed by atoms with E-state index in [1.807, 2.05) is 6.92 Å². The van der Waals surface area contributed by atoms with Crippen molar-refractivity contribution in [3.8, 4) is 0 Å². The molecule has 1 heterocycles. The van der Waals surface area contributed by atoms with Crippen LogP contribution in [0.4, 0.5) is 13.2 Å². The molecule has 0 bridgehead atoms. The van der Waals surface area contributed by atoms with Crippen LogP contribution in [0.3, 0.4) is 0 Å². The minimum absolute atomic E-state index is 0.0401. The van der Waals surface area contributed by atoms with E-state index in [0.717, 1.165) is 19.4 Å². The molecule has 0 aliphatic carbocycles. The van der Waals surface area contributed by atoms with Gasteiger partial charge in [-0.15, -0.1) is 0 Å². The number of alkyl halides is 3. The Morgan fingerprint density at radius 2 is 2.11 bits per heavy atom. The van der Waals surface area contributed by atoms with Gasteiger partial charge in [0.1, 0.15) is 0 Å². The Morgan fingerprint density at radius 1 is 1.39 bits per heavy atom. The number of piperidine rings is 1. The number of carbonyl (C=O) groups excluding carboxylic acids is 1. The molecule has 1 fully saturated rings. The molecule has 0 saturated carbocycles. The van der Waals surface area contributed by atoms with Crippen LogP contribution < -0.4 is 10.6 Å². The molecule has 1 aliphatic rings. The van der Waals surface area contributed by atoms with Crippen molar-refractivity contribution in [3.63, 3.8) is 0 Å². The summed E-state index contributed by atoms with van der Waals surface area (Å²) in [5.74, 6) is -0.0944. The fraction of sp³-hybridized carbons (Fsp3) is 0.917. The van der Waals surface area contributed by atoms with E-state index in [4.69, 9.17) is 0 Å². The zero-order chi connectivity index (χ0) is 13.6. The van der Waals surface area contributed by atoms with Crippen molar-refractivity contribution in [2.24, 2.45) is 5.92 Å². The normalized spacial score (nSPS) is 24.9. The van der Waals surface area contributed by atoms with Crippen LogP contribution in [-0.2, 0) is 4.79 Å². The van der Waals surface area contributed by atoms with E-state index in [0.29, 0.717) is 13.0 Å². The third-order valence-corrected chi connectivity index (χ3v) is 3.28. The molecular formula is C12H21F3N2O. The molecule has 1 saturated heterocycles. The summed E-state index contributed by atoms with van der Waals surface area (Å²) in [6.45, 7) is 3.22. The van der Waals surface area contributed by atoms with Crippen LogP contribution in [0, 0.1) is 5.92 Å². The van der Waals surface area contributed by atoms with Gasteiger partial charge in [-0.25, -0.2) is 0 Å². The number of halogens is 3. The second-order valence-corrected chi connectivity index (χ2v) is 4.85. The molecule has 0 radical (unpaired) electrons. The summed E-state index contributed by atoms with van der Waals surface area (Å²) in [6.07, 6.45) is -2.60. The maximum atomic E-state index is 11.9. The topological polar surface area (TPSA) is 41.1 Å². The van der Waals surface area contributed by atoms with Gasteiger partial charge in [0.05, 0.1) is 5.92 Å². The lowest BCUT2D eigenvalue weighted by atomic mass is 9.91. The molecule has 1 aliphatic heterocycles. The summed E-state index contributed by atoms with van der Waals surface area (Å²) in [7, 11) is 0. The van der Waals surface area contributed by atoms with Crippen LogP contribution >= 0.6 is 0 Å². The Labute approximate surface area is 106 Å². The summed E-state index contributed by atoms with van der Waals surface area (Å²) in [4.78, 5) is 11.8. The van der Waals surface area contributed by atoms with Crippen LogP contribution in [0.1, 0.15) is 39.0 Å². The van der Waals surface area contributed by atoms with E-state index in [1.54, 1.807) is 0 Å². The fourth-order valence-corrected chi connectivity index (χ4v) is 2.20. The average molecular weight is 266 g/mol. The maximum absolute atomic E-state index is 11.9. The van der Waals surface area contributed by atoms with Crippen molar-refractivity contribution in [1.82, 2.24) is 10.6 Å². The van der Waals surface area contributed by atoms with Gasteiger partial charge in [0.15, 0.2) is 0 Å². The number of unbranched alkanes of at least 4 members (excludes halogenated alkanes) is 1. The number of nitrogens with one attached hydrogen (secondary N) is 2. The number of amides is 1. The zero-order valence-corrected chi connectivity index (χ0v) is 10.6. The van der Waals surface area contributed by atoms with Gasteiger partial charge in [-0.2, -0.15) is 13.2 Å². The third kappa shape index (κ3) is 5.71. The molecule has 3 nitrogen and oxygen atoms in total. The molecule has 0 aromatic carbocycles. The SMILES string of the molecule is CC1NCCCC1C(=O)NCCCCC(F)(F)F. The summed E-state index contributed by atoms with van der Waals surface area (Å²) < 4.78 is 35.7. The lowest BCUT2D eigenvalue weighted by molar-refractivity contribution is -0.135. The third-order valence-electron chi connectivity index (χ3n) is 3.28. The van der Waals surface area contributed by atoms with Crippen LogP contribution in [-0.4, -0.2) is 31.2 Å². The van der Waals surface area contributed by atoms with Crippen molar-refractivity contribution in [2.75, 3.05) is 13.1 Å². The average Bonchev–Trinajstić information content (AvgIpc) is 2.27. The smallest absolute Gasteiger partial charge is 0.356 e. The van der Waals surface area contributed by atoms with Gasteiger partial charge in [0, 0.05) is 19.0 Å². The number of hydrogen-bond donors (Lipinski definition) is 2. The van der Waals surface area contributed by atoms with Crippen LogP contribution in [0.15, 0.2) is 0 Å². The Hall–Kier alpha value is -0.780. The highest BCUT2D eigenvalue weighted by Crippen LogP contribution is 2.22. The van der Waals surface area contributed by atoms with Gasteiger partial charge < -0.3 is 10.6 Å². The van der Waals surface area contributed by atoms with Crippen LogP contribution in [0.5, 0.6) is 0 Å². The van der Waals surface area contributed by atoms with Gasteiger partial charge >= 0.3 is 6.18 Å². The first-order valence-electron chi connectivity index (χ1n) is 6.48. The first kappa shape index (κ1) is 15.3. The van der Waals surface area contributed by atoms with Gasteiger partial charge in [-0.1, -0.05) is 0 Å². The van der Waals surface area contributed by atoms with Crippen molar-refractivity contribution in [2.45, 2.75) is 51.2 Å². The Kier molecular flexibility index (Phi) is 5.91. The Bertz CT molecular complexity index is 269. The molecule has 106 valence electrons. The monoisotopic (exact) mass is 266 g/mol. The molecule has 2 N–H and O–H groups in total. The van der Waals surface area contributed by atoms with Gasteiger partial charge in [0.2, 0.25) is 5.91 Å². The quantitative estimate of drug-likeness (QED) is 0.749. The highest BCUT2D eigenvalue weighted by molar-refractivity contribution is 5.79. The molecular weight excluding hydrogens is 245 g/mol. The lowest BCUT2D eigenvalue weighted by Crippen LogP contribution is -2.46. The van der Waals surface area contributed by atoms with E-state index < -0.39 is 12.6 Å². The molecule has 1 amide bonds. The highest BCUT2D eigenvalue weighted by Gasteiger charge is 2.28. The van der Waals surface area contributed by atoms with Gasteiger partial charge in [-0.3, -0.25) is 4.79 Å². The molecule has 1 rings (SSSR count). The Balaban J connectivity index is 2.13. The van der Waals surface area contributed by atoms with E-state index in [9.17, 15) is 18.0 Å². The van der Waals surface area contributed by atoms with E-state index in [-0.39, 0.29) is 24.3 Å². The van der Waals surface area contributed by atoms with E-state index in [2.05, 4.69) is 10.6 Å². The molecule has 2 unspecified atom stereocenters. The largest absolute Gasteiger partial charge is 0.389 e. The molecule has 0 spiro atoms. The summed E-state index contributed by atoms with van der Waals surface area (Å²) in [5, 5.41) is 5.95. The molecule has 0 aromatic rings. The highest BCUT2D eigenvalue weighted by atomic mass is 19.4. The minimum Gasteiger partial charge on any atom is -0.356 e. The number of rotatable bonds is 5. The molecule has 6 heteroatoms. The summed E-state index contributed by atoms with van der Waals surface area (Å²) in [5.41, 5.74) is 0. The molecule has 2 atom stereocenters. The first-order valence-corrected chi connectivity index (χ1v) is 6.48. The second kappa shape index (κ2) is 6.97. The second-order valence-electron chi connectivity index (χ2n) is 4.85. The number of carbonyl (C=O) groups is 1. The van der Waals surface area contributed by atoms with Crippen molar-refractivity contribution < 1.29 is 18.0 Å². The van der Waals surface area contributed by atoms with Crippen LogP contribution in [0.2, 0.25) is 0 Å².